The highest BCUT2D eigenvalue weighted by Gasteiger charge is 2.16. The molecule has 118 valence electrons. The maximum absolute atomic E-state index is 6.21. The molecule has 1 saturated carbocycles. The first kappa shape index (κ1) is 15.1. The van der Waals surface area contributed by atoms with Crippen molar-refractivity contribution < 1.29 is 0 Å². The van der Waals surface area contributed by atoms with E-state index in [0.29, 0.717) is 11.7 Å². The lowest BCUT2D eigenvalue weighted by molar-refractivity contribution is 0.462. The van der Waals surface area contributed by atoms with E-state index in [4.69, 9.17) is 5.73 Å². The van der Waals surface area contributed by atoms with Crippen LogP contribution in [0.3, 0.4) is 0 Å². The highest BCUT2D eigenvalue weighted by Crippen LogP contribution is 2.26. The molecule has 0 aromatic carbocycles. The Morgan fingerprint density at radius 2 is 2.00 bits per heavy atom. The molecule has 1 aliphatic rings. The van der Waals surface area contributed by atoms with Crippen LogP contribution in [0, 0.1) is 0 Å². The van der Waals surface area contributed by atoms with Crippen molar-refractivity contribution >= 4 is 28.7 Å². The van der Waals surface area contributed by atoms with Gasteiger partial charge in [0.2, 0.25) is 0 Å². The topological polar surface area (TPSA) is 75.9 Å². The molecule has 5 nitrogen and oxygen atoms in total. The number of rotatable bonds is 6. The lowest BCUT2D eigenvalue weighted by Gasteiger charge is -2.24. The van der Waals surface area contributed by atoms with Crippen LogP contribution in [0.15, 0.2) is 23.8 Å². The first-order valence-corrected chi connectivity index (χ1v) is 8.84. The van der Waals surface area contributed by atoms with Crippen LogP contribution in [0.1, 0.15) is 37.0 Å². The third kappa shape index (κ3) is 3.88. The van der Waals surface area contributed by atoms with Gasteiger partial charge in [-0.1, -0.05) is 25.3 Å². The third-order valence-electron chi connectivity index (χ3n) is 4.07. The Balaban J connectivity index is 1.58. The zero-order chi connectivity index (χ0) is 15.2. The van der Waals surface area contributed by atoms with Gasteiger partial charge in [0.15, 0.2) is 11.6 Å². The molecule has 4 N–H and O–H groups in total. The number of aromatic nitrogens is 2. The first-order valence-electron chi connectivity index (χ1n) is 7.96. The Kier molecular flexibility index (Phi) is 5.11. The monoisotopic (exact) mass is 317 g/mol. The number of anilines is 3. The quantitative estimate of drug-likeness (QED) is 0.760. The van der Waals surface area contributed by atoms with Gasteiger partial charge in [-0.05, 0) is 30.7 Å². The van der Waals surface area contributed by atoms with Crippen LogP contribution >= 0.6 is 11.3 Å². The second-order valence-electron chi connectivity index (χ2n) is 5.72. The van der Waals surface area contributed by atoms with Crippen molar-refractivity contribution in [3.05, 3.63) is 28.7 Å². The third-order valence-corrected chi connectivity index (χ3v) is 5.01. The van der Waals surface area contributed by atoms with Gasteiger partial charge < -0.3 is 16.4 Å². The molecule has 3 rings (SSSR count). The van der Waals surface area contributed by atoms with Gasteiger partial charge in [0.05, 0.1) is 0 Å². The molecule has 2 aromatic rings. The summed E-state index contributed by atoms with van der Waals surface area (Å²) in [6.07, 6.45) is 8.87. The molecule has 22 heavy (non-hydrogen) atoms. The Labute approximate surface area is 135 Å². The first-order chi connectivity index (χ1) is 10.8. The molecule has 2 aromatic heterocycles. The van der Waals surface area contributed by atoms with E-state index >= 15 is 0 Å². The van der Waals surface area contributed by atoms with Crippen LogP contribution in [0.4, 0.5) is 17.3 Å². The van der Waals surface area contributed by atoms with E-state index in [9.17, 15) is 0 Å². The van der Waals surface area contributed by atoms with Crippen molar-refractivity contribution in [3.8, 4) is 0 Å². The summed E-state index contributed by atoms with van der Waals surface area (Å²) >= 11 is 1.77. The van der Waals surface area contributed by atoms with Crippen LogP contribution in [0.5, 0.6) is 0 Å². The summed E-state index contributed by atoms with van der Waals surface area (Å²) in [5.41, 5.74) is 6.84. The molecule has 2 heterocycles. The summed E-state index contributed by atoms with van der Waals surface area (Å²) in [4.78, 5) is 9.93. The van der Waals surface area contributed by atoms with E-state index < -0.39 is 0 Å². The number of nitrogens with zero attached hydrogens (tertiary/aromatic N) is 2. The minimum Gasteiger partial charge on any atom is -0.393 e. The Bertz CT molecular complexity index is 578. The van der Waals surface area contributed by atoms with Crippen molar-refractivity contribution in [2.75, 3.05) is 22.9 Å². The van der Waals surface area contributed by atoms with E-state index in [-0.39, 0.29) is 0 Å². The number of hydrogen-bond acceptors (Lipinski definition) is 6. The van der Waals surface area contributed by atoms with Crippen LogP contribution in [0.25, 0.3) is 0 Å². The summed E-state index contributed by atoms with van der Waals surface area (Å²) in [6, 6.07) is 4.71. The van der Waals surface area contributed by atoms with Crippen LogP contribution < -0.4 is 16.4 Å². The highest BCUT2D eigenvalue weighted by molar-refractivity contribution is 7.09. The predicted octanol–water partition coefficient (Wildman–Crippen LogP) is 3.52. The van der Waals surface area contributed by atoms with Gasteiger partial charge in [-0.15, -0.1) is 11.3 Å². The van der Waals surface area contributed by atoms with Crippen molar-refractivity contribution in [2.24, 2.45) is 0 Å². The normalized spacial score (nSPS) is 15.6. The van der Waals surface area contributed by atoms with E-state index in [1.165, 1.54) is 37.0 Å². The fourth-order valence-corrected chi connectivity index (χ4v) is 3.56. The minimum atomic E-state index is 0.491. The van der Waals surface area contributed by atoms with Gasteiger partial charge in [-0.3, -0.25) is 0 Å². The van der Waals surface area contributed by atoms with E-state index in [0.717, 1.165) is 24.6 Å². The SMILES string of the molecule is Nc1c(NCCc2cccs2)ncnc1NC1CCCCC1. The molecular formula is C16H23N5S. The van der Waals surface area contributed by atoms with Gasteiger partial charge >= 0.3 is 0 Å². The molecule has 1 fully saturated rings. The van der Waals surface area contributed by atoms with Crippen LogP contribution in [-0.4, -0.2) is 22.6 Å². The van der Waals surface area contributed by atoms with Crippen LogP contribution in [-0.2, 0) is 6.42 Å². The maximum atomic E-state index is 6.21. The molecule has 0 spiro atoms. The zero-order valence-electron chi connectivity index (χ0n) is 12.7. The molecule has 0 bridgehead atoms. The van der Waals surface area contributed by atoms with E-state index in [1.807, 2.05) is 0 Å². The summed E-state index contributed by atoms with van der Waals surface area (Å²) in [6.45, 7) is 0.824. The summed E-state index contributed by atoms with van der Waals surface area (Å²) < 4.78 is 0. The highest BCUT2D eigenvalue weighted by atomic mass is 32.1. The summed E-state index contributed by atoms with van der Waals surface area (Å²) in [5.74, 6) is 1.49. The molecule has 0 atom stereocenters. The second-order valence-corrected chi connectivity index (χ2v) is 6.75. The van der Waals surface area contributed by atoms with Gasteiger partial charge in [0.25, 0.3) is 0 Å². The van der Waals surface area contributed by atoms with Crippen molar-refractivity contribution in [1.29, 1.82) is 0 Å². The predicted molar refractivity (Wildman–Crippen MR) is 93.5 cm³/mol. The number of nitrogens with one attached hydrogen (secondary N) is 2. The van der Waals surface area contributed by atoms with Crippen molar-refractivity contribution in [2.45, 2.75) is 44.6 Å². The number of nitrogens with two attached hydrogens (primary N) is 1. The molecule has 0 amide bonds. The molecule has 0 unspecified atom stereocenters. The Hall–Kier alpha value is -1.82. The smallest absolute Gasteiger partial charge is 0.155 e. The van der Waals surface area contributed by atoms with Gasteiger partial charge in [-0.25, -0.2) is 9.97 Å². The maximum Gasteiger partial charge on any atom is 0.155 e. The van der Waals surface area contributed by atoms with Crippen molar-refractivity contribution in [3.63, 3.8) is 0 Å². The Morgan fingerprint density at radius 1 is 1.18 bits per heavy atom. The lowest BCUT2D eigenvalue weighted by Crippen LogP contribution is -2.24. The minimum absolute atomic E-state index is 0.491. The van der Waals surface area contributed by atoms with Crippen LogP contribution in [0.2, 0.25) is 0 Å². The fraction of sp³-hybridized carbons (Fsp3) is 0.500. The van der Waals surface area contributed by atoms with E-state index in [1.54, 1.807) is 17.7 Å². The zero-order valence-corrected chi connectivity index (χ0v) is 13.5. The number of nitrogen functional groups attached to an aromatic ring is 1. The molecule has 6 heteroatoms. The Morgan fingerprint density at radius 3 is 2.77 bits per heavy atom. The standard InChI is InChI=1S/C16H23N5S/c17-14-15(18-9-8-13-7-4-10-22-13)19-11-20-16(14)21-12-5-2-1-3-6-12/h4,7,10-12H,1-3,5-6,8-9,17H2,(H2,18,19,20,21). The van der Waals surface area contributed by atoms with Gasteiger partial charge in [0, 0.05) is 17.5 Å². The molecule has 0 aliphatic heterocycles. The van der Waals surface area contributed by atoms with E-state index in [2.05, 4.69) is 38.1 Å². The number of hydrogen-bond donors (Lipinski definition) is 3. The molecule has 1 aliphatic carbocycles. The number of thiophene rings is 1. The molecule has 0 radical (unpaired) electrons. The lowest BCUT2D eigenvalue weighted by atomic mass is 9.95. The summed E-state index contributed by atoms with van der Waals surface area (Å²) in [5, 5.41) is 8.90. The average molecular weight is 317 g/mol. The van der Waals surface area contributed by atoms with Gasteiger partial charge in [-0.2, -0.15) is 0 Å². The molecular weight excluding hydrogens is 294 g/mol. The fourth-order valence-electron chi connectivity index (χ4n) is 2.85. The molecule has 0 saturated heterocycles. The average Bonchev–Trinajstić information content (AvgIpc) is 3.05. The second kappa shape index (κ2) is 7.45. The summed E-state index contributed by atoms with van der Waals surface area (Å²) in [7, 11) is 0. The van der Waals surface area contributed by atoms with Crippen molar-refractivity contribution in [1.82, 2.24) is 9.97 Å². The largest absolute Gasteiger partial charge is 0.393 e. The van der Waals surface area contributed by atoms with Gasteiger partial charge in [0.1, 0.15) is 12.0 Å².